The summed E-state index contributed by atoms with van der Waals surface area (Å²) in [5.74, 6) is 0.847. The molecule has 4 aromatic rings. The second kappa shape index (κ2) is 11.5. The monoisotopic (exact) mass is 551 g/mol. The molecule has 1 fully saturated rings. The fourth-order valence-electron chi connectivity index (χ4n) is 5.13. The zero-order valence-electron chi connectivity index (χ0n) is 22.5. The molecule has 0 bridgehead atoms. The number of nitrogens with one attached hydrogen (secondary N) is 1. The Bertz CT molecular complexity index is 1470. The first-order valence-electron chi connectivity index (χ1n) is 13.5. The molecule has 0 aliphatic carbocycles. The molecule has 11 heteroatoms. The maximum atomic E-state index is 13.3. The van der Waals surface area contributed by atoms with Gasteiger partial charge in [-0.3, -0.25) is 9.36 Å². The van der Waals surface area contributed by atoms with E-state index in [1.165, 1.54) is 6.07 Å². The minimum absolute atomic E-state index is 0.122. The van der Waals surface area contributed by atoms with E-state index >= 15 is 0 Å². The van der Waals surface area contributed by atoms with E-state index < -0.39 is 11.7 Å². The van der Waals surface area contributed by atoms with Crippen molar-refractivity contribution in [1.82, 2.24) is 24.4 Å². The molecule has 0 spiro atoms. The lowest BCUT2D eigenvalue weighted by Gasteiger charge is -2.34. The number of alkyl halides is 3. The van der Waals surface area contributed by atoms with E-state index in [9.17, 15) is 18.0 Å². The number of aromatic nitrogens is 4. The third-order valence-electron chi connectivity index (χ3n) is 7.26. The second-order valence-corrected chi connectivity index (χ2v) is 9.84. The summed E-state index contributed by atoms with van der Waals surface area (Å²) in [6, 6.07) is 14.9. The molecule has 5 rings (SSSR count). The van der Waals surface area contributed by atoms with Gasteiger partial charge in [-0.15, -0.1) is 0 Å². The maximum absolute atomic E-state index is 13.3. The number of halogens is 3. The van der Waals surface area contributed by atoms with Gasteiger partial charge >= 0.3 is 6.18 Å². The van der Waals surface area contributed by atoms with Crippen molar-refractivity contribution in [2.75, 3.05) is 36.4 Å². The van der Waals surface area contributed by atoms with E-state index in [0.29, 0.717) is 54.7 Å². The Morgan fingerprint density at radius 3 is 2.58 bits per heavy atom. The Balaban J connectivity index is 1.50. The lowest BCUT2D eigenvalue weighted by Crippen LogP contribution is -2.45. The first-order chi connectivity index (χ1) is 19.3. The number of imidazole rings is 1. The number of carbonyl (C=O) groups excluding carboxylic acids is 1. The van der Waals surface area contributed by atoms with Crippen LogP contribution in [0.15, 0.2) is 60.9 Å². The highest BCUT2D eigenvalue weighted by atomic mass is 19.4. The molecule has 1 atom stereocenters. The predicted octanol–water partition coefficient (Wildman–Crippen LogP) is 5.53. The van der Waals surface area contributed by atoms with Gasteiger partial charge in [0.15, 0.2) is 17.0 Å². The quantitative estimate of drug-likeness (QED) is 0.310. The van der Waals surface area contributed by atoms with Crippen molar-refractivity contribution in [2.24, 2.45) is 5.92 Å². The topological polar surface area (TPSA) is 79.2 Å². The SMILES string of the molecule is CCN(CC)C(=O)C1CCCN(c2nc(NCc3cccc(C(F)(F)F)c3)c3ncn(-c4ccccc4)c3n2)C1. The van der Waals surface area contributed by atoms with Crippen molar-refractivity contribution < 1.29 is 18.0 Å². The fourth-order valence-corrected chi connectivity index (χ4v) is 5.13. The largest absolute Gasteiger partial charge is 0.416 e. The normalized spacial score (nSPS) is 15.8. The number of hydrogen-bond acceptors (Lipinski definition) is 6. The Hall–Kier alpha value is -4.15. The Morgan fingerprint density at radius 1 is 1.07 bits per heavy atom. The maximum Gasteiger partial charge on any atom is 0.416 e. The van der Waals surface area contributed by atoms with Gasteiger partial charge in [0.1, 0.15) is 6.33 Å². The molecule has 0 saturated carbocycles. The van der Waals surface area contributed by atoms with Crippen molar-refractivity contribution in [1.29, 1.82) is 0 Å². The molecule has 1 N–H and O–H groups in total. The van der Waals surface area contributed by atoms with Crippen LogP contribution in [0.1, 0.15) is 37.8 Å². The van der Waals surface area contributed by atoms with E-state index in [0.717, 1.165) is 30.7 Å². The van der Waals surface area contributed by atoms with E-state index in [-0.39, 0.29) is 18.4 Å². The van der Waals surface area contributed by atoms with E-state index in [2.05, 4.69) is 10.3 Å². The van der Waals surface area contributed by atoms with Crippen LogP contribution in [0.4, 0.5) is 24.9 Å². The number of anilines is 2. The Morgan fingerprint density at radius 2 is 1.85 bits per heavy atom. The molecule has 0 radical (unpaired) electrons. The van der Waals surface area contributed by atoms with Gasteiger partial charge < -0.3 is 15.1 Å². The summed E-state index contributed by atoms with van der Waals surface area (Å²) in [7, 11) is 0. The average Bonchev–Trinajstić information content (AvgIpc) is 3.41. The molecule has 1 unspecified atom stereocenters. The molecular formula is C29H32F3N7O. The summed E-state index contributed by atoms with van der Waals surface area (Å²) in [6.07, 6.45) is -1.13. The molecule has 40 heavy (non-hydrogen) atoms. The van der Waals surface area contributed by atoms with Gasteiger partial charge in [-0.1, -0.05) is 30.3 Å². The van der Waals surface area contributed by atoms with Gasteiger partial charge in [-0.25, -0.2) is 4.98 Å². The number of amides is 1. The molecule has 1 amide bonds. The van der Waals surface area contributed by atoms with Crippen LogP contribution in [-0.4, -0.2) is 56.5 Å². The van der Waals surface area contributed by atoms with Crippen LogP contribution >= 0.6 is 0 Å². The summed E-state index contributed by atoms with van der Waals surface area (Å²) in [5.41, 5.74) is 1.71. The summed E-state index contributed by atoms with van der Waals surface area (Å²) in [5, 5.41) is 3.20. The predicted molar refractivity (Wildman–Crippen MR) is 148 cm³/mol. The van der Waals surface area contributed by atoms with Crippen LogP contribution in [0.5, 0.6) is 0 Å². The summed E-state index contributed by atoms with van der Waals surface area (Å²) in [4.78, 5) is 31.2. The molecule has 2 aromatic heterocycles. The van der Waals surface area contributed by atoms with Crippen molar-refractivity contribution in [3.8, 4) is 5.69 Å². The number of rotatable bonds is 8. The minimum Gasteiger partial charge on any atom is -0.364 e. The average molecular weight is 552 g/mol. The molecule has 2 aromatic carbocycles. The molecule has 1 aliphatic rings. The standard InChI is InChI=1S/C29H32F3N7O/c1-3-37(4-2)27(40)21-11-9-15-38(18-21)28-35-25(33-17-20-10-8-12-22(16-20)29(30,31)32)24-26(36-28)39(19-34-24)23-13-6-5-7-14-23/h5-8,10,12-14,16,19,21H,3-4,9,11,15,17-18H2,1-2H3,(H,33,35,36). The molecule has 1 aliphatic heterocycles. The highest BCUT2D eigenvalue weighted by molar-refractivity contribution is 5.86. The lowest BCUT2D eigenvalue weighted by molar-refractivity contribution is -0.137. The third-order valence-corrected chi connectivity index (χ3v) is 7.26. The van der Waals surface area contributed by atoms with Gasteiger partial charge in [0.2, 0.25) is 11.9 Å². The van der Waals surface area contributed by atoms with Gasteiger partial charge in [-0.05, 0) is 56.5 Å². The third kappa shape index (κ3) is 5.73. The van der Waals surface area contributed by atoms with Crippen LogP contribution in [0.25, 0.3) is 16.9 Å². The van der Waals surface area contributed by atoms with Crippen LogP contribution in [-0.2, 0) is 17.5 Å². The first-order valence-corrected chi connectivity index (χ1v) is 13.5. The smallest absolute Gasteiger partial charge is 0.364 e. The molecule has 1 saturated heterocycles. The van der Waals surface area contributed by atoms with Crippen LogP contribution < -0.4 is 10.2 Å². The Kier molecular flexibility index (Phi) is 7.90. The highest BCUT2D eigenvalue weighted by Crippen LogP contribution is 2.31. The Labute approximate surface area is 230 Å². The van der Waals surface area contributed by atoms with Gasteiger partial charge in [-0.2, -0.15) is 23.1 Å². The van der Waals surface area contributed by atoms with Crippen LogP contribution in [0.2, 0.25) is 0 Å². The summed E-state index contributed by atoms with van der Waals surface area (Å²) in [6.45, 7) is 6.59. The number of carbonyl (C=O) groups is 1. The van der Waals surface area contributed by atoms with Gasteiger partial charge in [0.05, 0.1) is 11.5 Å². The first kappa shape index (κ1) is 27.4. The van der Waals surface area contributed by atoms with Crippen LogP contribution in [0, 0.1) is 5.92 Å². The van der Waals surface area contributed by atoms with Crippen molar-refractivity contribution in [2.45, 2.75) is 39.4 Å². The molecule has 8 nitrogen and oxygen atoms in total. The fraction of sp³-hybridized carbons (Fsp3) is 0.379. The van der Waals surface area contributed by atoms with Crippen LogP contribution in [0.3, 0.4) is 0 Å². The number of piperidine rings is 1. The number of hydrogen-bond donors (Lipinski definition) is 1. The number of fused-ring (bicyclic) bond motifs is 1. The van der Waals surface area contributed by atoms with E-state index in [1.54, 1.807) is 12.4 Å². The van der Waals surface area contributed by atoms with Crippen molar-refractivity contribution >= 4 is 28.8 Å². The number of benzene rings is 2. The zero-order chi connectivity index (χ0) is 28.3. The number of para-hydroxylation sites is 1. The summed E-state index contributed by atoms with van der Waals surface area (Å²) < 4.78 is 41.6. The minimum atomic E-state index is -4.42. The van der Waals surface area contributed by atoms with Crippen molar-refractivity contribution in [3.05, 3.63) is 72.1 Å². The highest BCUT2D eigenvalue weighted by Gasteiger charge is 2.31. The van der Waals surface area contributed by atoms with E-state index in [1.807, 2.05) is 58.5 Å². The summed E-state index contributed by atoms with van der Waals surface area (Å²) >= 11 is 0. The van der Waals surface area contributed by atoms with Gasteiger partial charge in [0.25, 0.3) is 0 Å². The lowest BCUT2D eigenvalue weighted by atomic mass is 9.96. The van der Waals surface area contributed by atoms with Crippen molar-refractivity contribution in [3.63, 3.8) is 0 Å². The second-order valence-electron chi connectivity index (χ2n) is 9.84. The van der Waals surface area contributed by atoms with E-state index in [4.69, 9.17) is 9.97 Å². The molecule has 3 heterocycles. The molecular weight excluding hydrogens is 519 g/mol. The van der Waals surface area contributed by atoms with Gasteiger partial charge in [0, 0.05) is 38.4 Å². The number of nitrogens with zero attached hydrogens (tertiary/aromatic N) is 6. The zero-order valence-corrected chi connectivity index (χ0v) is 22.5. The molecule has 210 valence electrons.